The molecule has 3 aliphatic rings. The van der Waals surface area contributed by atoms with E-state index in [4.69, 9.17) is 16.3 Å². The van der Waals surface area contributed by atoms with Gasteiger partial charge in [-0.2, -0.15) is 8.78 Å². The maximum absolute atomic E-state index is 14.5. The summed E-state index contributed by atoms with van der Waals surface area (Å²) in [7, 11) is 3.42. The van der Waals surface area contributed by atoms with Gasteiger partial charge in [0.25, 0.3) is 17.4 Å². The zero-order valence-corrected chi connectivity index (χ0v) is 24.2. The number of rotatable bonds is 7. The number of benzene rings is 2. The van der Waals surface area contributed by atoms with Gasteiger partial charge in [-0.25, -0.2) is 0 Å². The summed E-state index contributed by atoms with van der Waals surface area (Å²) in [5.74, 6) is 0.343. The van der Waals surface area contributed by atoms with E-state index < -0.39 is 17.6 Å². The molecular formula is C31H38ClF2N3O3. The maximum atomic E-state index is 14.5. The van der Waals surface area contributed by atoms with Crippen molar-refractivity contribution in [2.45, 2.75) is 57.2 Å². The Morgan fingerprint density at radius 2 is 1.62 bits per heavy atom. The summed E-state index contributed by atoms with van der Waals surface area (Å²) in [6.45, 7) is 4.76. The van der Waals surface area contributed by atoms with Crippen molar-refractivity contribution in [3.8, 4) is 0 Å². The van der Waals surface area contributed by atoms with Crippen LogP contribution in [-0.2, 0) is 21.6 Å². The number of hydrogen-bond donors (Lipinski definition) is 0. The first kappa shape index (κ1) is 28.8. The quantitative estimate of drug-likeness (QED) is 0.383. The molecule has 3 aliphatic heterocycles. The highest BCUT2D eigenvalue weighted by molar-refractivity contribution is 6.34. The SMILES string of the molecule is CCc1cccc(C2(C(=O)N3CCC(CC4CCN(c5ccc(C(=O)N(C)C)c(Cl)c5)CC4)CC3)OC2(F)F)c1. The van der Waals surface area contributed by atoms with E-state index in [1.807, 2.05) is 25.1 Å². The predicted octanol–water partition coefficient (Wildman–Crippen LogP) is 5.97. The molecule has 0 spiro atoms. The number of epoxide rings is 1. The Bertz CT molecular complexity index is 1260. The highest BCUT2D eigenvalue weighted by Crippen LogP contribution is 2.59. The Kier molecular flexibility index (Phi) is 8.13. The van der Waals surface area contributed by atoms with Crippen LogP contribution in [0.25, 0.3) is 0 Å². The normalized spacial score (nSPS) is 23.2. The van der Waals surface area contributed by atoms with Crippen LogP contribution in [0.15, 0.2) is 42.5 Å². The molecule has 0 aromatic heterocycles. The molecule has 40 heavy (non-hydrogen) atoms. The van der Waals surface area contributed by atoms with E-state index in [1.54, 1.807) is 43.3 Å². The molecule has 1 unspecified atom stereocenters. The fraction of sp³-hybridized carbons (Fsp3) is 0.548. The Morgan fingerprint density at radius 1 is 1.00 bits per heavy atom. The number of carbonyl (C=O) groups is 2. The van der Waals surface area contributed by atoms with Gasteiger partial charge in [0.2, 0.25) is 0 Å². The molecule has 2 amide bonds. The lowest BCUT2D eigenvalue weighted by Crippen LogP contribution is -2.46. The smallest absolute Gasteiger partial charge is 0.371 e. The van der Waals surface area contributed by atoms with E-state index >= 15 is 0 Å². The van der Waals surface area contributed by atoms with Gasteiger partial charge >= 0.3 is 6.11 Å². The first-order valence-corrected chi connectivity index (χ1v) is 14.7. The second-order valence-corrected chi connectivity index (χ2v) is 12.0. The molecule has 0 radical (unpaired) electrons. The van der Waals surface area contributed by atoms with Crippen molar-refractivity contribution in [3.63, 3.8) is 0 Å². The third kappa shape index (κ3) is 5.45. The van der Waals surface area contributed by atoms with E-state index in [2.05, 4.69) is 4.90 Å². The highest BCUT2D eigenvalue weighted by Gasteiger charge is 2.81. The Hall–Kier alpha value is -2.71. The van der Waals surface area contributed by atoms with Crippen LogP contribution in [-0.4, -0.2) is 68.0 Å². The number of carbonyl (C=O) groups excluding carboxylic acids is 2. The summed E-state index contributed by atoms with van der Waals surface area (Å²) in [5, 5.41) is 0.467. The number of ether oxygens (including phenoxy) is 1. The fourth-order valence-electron chi connectivity index (χ4n) is 6.30. The number of alkyl halides is 2. The minimum absolute atomic E-state index is 0.109. The minimum atomic E-state index is -3.48. The van der Waals surface area contributed by atoms with Crippen molar-refractivity contribution in [2.75, 3.05) is 45.2 Å². The van der Waals surface area contributed by atoms with Crippen LogP contribution in [0.4, 0.5) is 14.5 Å². The molecule has 0 saturated carbocycles. The average molecular weight is 574 g/mol. The van der Waals surface area contributed by atoms with Crippen LogP contribution in [0, 0.1) is 11.8 Å². The lowest BCUT2D eigenvalue weighted by atomic mass is 9.82. The zero-order chi connectivity index (χ0) is 28.7. The summed E-state index contributed by atoms with van der Waals surface area (Å²) in [4.78, 5) is 31.1. The lowest BCUT2D eigenvalue weighted by Gasteiger charge is -2.38. The molecule has 0 N–H and O–H groups in total. The third-order valence-corrected chi connectivity index (χ3v) is 9.14. The van der Waals surface area contributed by atoms with Gasteiger partial charge in [-0.05, 0) is 74.1 Å². The van der Waals surface area contributed by atoms with Gasteiger partial charge in [0, 0.05) is 51.5 Å². The largest absolute Gasteiger partial charge is 0.399 e. The van der Waals surface area contributed by atoms with Crippen molar-refractivity contribution in [3.05, 3.63) is 64.2 Å². The fourth-order valence-corrected chi connectivity index (χ4v) is 6.56. The number of anilines is 1. The van der Waals surface area contributed by atoms with Gasteiger partial charge in [-0.15, -0.1) is 0 Å². The molecule has 3 saturated heterocycles. The molecule has 1 atom stereocenters. The van der Waals surface area contributed by atoms with Gasteiger partial charge < -0.3 is 14.7 Å². The predicted molar refractivity (Wildman–Crippen MR) is 152 cm³/mol. The van der Waals surface area contributed by atoms with E-state index in [9.17, 15) is 18.4 Å². The average Bonchev–Trinajstić information content (AvgIpc) is 3.56. The monoisotopic (exact) mass is 573 g/mol. The molecule has 0 aliphatic carbocycles. The van der Waals surface area contributed by atoms with E-state index in [-0.39, 0.29) is 11.5 Å². The van der Waals surface area contributed by atoms with Crippen molar-refractivity contribution >= 4 is 29.1 Å². The molecule has 2 aromatic rings. The number of nitrogens with zero attached hydrogens (tertiary/aromatic N) is 3. The summed E-state index contributed by atoms with van der Waals surface area (Å²) in [5.41, 5.74) is 0.505. The molecule has 0 bridgehead atoms. The number of likely N-dealkylation sites (tertiary alicyclic amines) is 1. The number of amides is 2. The Labute approximate surface area is 240 Å². The first-order valence-electron chi connectivity index (χ1n) is 14.3. The second-order valence-electron chi connectivity index (χ2n) is 11.6. The van der Waals surface area contributed by atoms with Crippen LogP contribution < -0.4 is 4.90 Å². The second kappa shape index (κ2) is 11.3. The number of halogens is 3. The summed E-state index contributed by atoms with van der Waals surface area (Å²) >= 11 is 6.42. The summed E-state index contributed by atoms with van der Waals surface area (Å²) in [6.07, 6.45) is 2.07. The van der Waals surface area contributed by atoms with E-state index in [0.29, 0.717) is 41.9 Å². The Morgan fingerprint density at radius 3 is 2.17 bits per heavy atom. The van der Waals surface area contributed by atoms with Crippen molar-refractivity contribution in [1.29, 1.82) is 0 Å². The van der Waals surface area contributed by atoms with Crippen LogP contribution >= 0.6 is 11.6 Å². The molecule has 9 heteroatoms. The van der Waals surface area contributed by atoms with Crippen molar-refractivity contribution < 1.29 is 23.1 Å². The van der Waals surface area contributed by atoms with Crippen LogP contribution in [0.3, 0.4) is 0 Å². The summed E-state index contributed by atoms with van der Waals surface area (Å²) < 4.78 is 33.9. The number of aryl methyl sites for hydroxylation is 1. The molecule has 6 nitrogen and oxygen atoms in total. The molecule has 3 fully saturated rings. The van der Waals surface area contributed by atoms with Gasteiger partial charge in [-0.1, -0.05) is 42.8 Å². The molecule has 5 rings (SSSR count). The van der Waals surface area contributed by atoms with Gasteiger partial charge in [0.05, 0.1) is 10.6 Å². The van der Waals surface area contributed by atoms with Gasteiger partial charge in [0.15, 0.2) is 0 Å². The molecular weight excluding hydrogens is 536 g/mol. The van der Waals surface area contributed by atoms with Gasteiger partial charge in [0.1, 0.15) is 0 Å². The van der Waals surface area contributed by atoms with E-state index in [0.717, 1.165) is 56.4 Å². The first-order chi connectivity index (χ1) is 19.1. The topological polar surface area (TPSA) is 56.4 Å². The number of piperidine rings is 2. The standard InChI is InChI=1S/C31H38ClF2N3O3/c1-4-21-6-5-7-24(19-21)30(31(33,34)40-30)29(39)37-16-12-23(13-17-37)18-22-10-14-36(15-11-22)25-8-9-26(27(32)20-25)28(38)35(2)3/h5-9,19-20,22-23H,4,10-18H2,1-3H3. The minimum Gasteiger partial charge on any atom is -0.371 e. The van der Waals surface area contributed by atoms with Gasteiger partial charge in [-0.3, -0.25) is 14.3 Å². The summed E-state index contributed by atoms with van der Waals surface area (Å²) in [6, 6.07) is 12.5. The highest BCUT2D eigenvalue weighted by atomic mass is 35.5. The lowest BCUT2D eigenvalue weighted by molar-refractivity contribution is -0.139. The van der Waals surface area contributed by atoms with Crippen LogP contribution in [0.2, 0.25) is 5.02 Å². The zero-order valence-electron chi connectivity index (χ0n) is 23.5. The van der Waals surface area contributed by atoms with E-state index in [1.165, 1.54) is 4.90 Å². The number of hydrogen-bond acceptors (Lipinski definition) is 4. The molecule has 2 aromatic carbocycles. The van der Waals surface area contributed by atoms with Crippen LogP contribution in [0.5, 0.6) is 0 Å². The van der Waals surface area contributed by atoms with Crippen molar-refractivity contribution in [1.82, 2.24) is 9.80 Å². The van der Waals surface area contributed by atoms with Crippen LogP contribution in [0.1, 0.15) is 60.5 Å². The maximum Gasteiger partial charge on any atom is 0.399 e. The Balaban J connectivity index is 1.12. The molecule has 216 valence electrons. The van der Waals surface area contributed by atoms with Crippen molar-refractivity contribution in [2.24, 2.45) is 11.8 Å². The third-order valence-electron chi connectivity index (χ3n) is 8.83. The molecule has 3 heterocycles.